The number of carbonyl (C=O) groups is 3. The third-order valence-electron chi connectivity index (χ3n) is 2.53. The van der Waals surface area contributed by atoms with E-state index in [9.17, 15) is 14.4 Å². The van der Waals surface area contributed by atoms with Crippen LogP contribution >= 0.6 is 0 Å². The number of ether oxygens (including phenoxy) is 1. The van der Waals surface area contributed by atoms with Crippen molar-refractivity contribution in [1.82, 2.24) is 5.32 Å². The van der Waals surface area contributed by atoms with Crippen LogP contribution in [0, 0.1) is 11.3 Å². The molecule has 0 aliphatic carbocycles. The number of amides is 2. The van der Waals surface area contributed by atoms with Crippen molar-refractivity contribution in [2.24, 2.45) is 0 Å². The van der Waals surface area contributed by atoms with E-state index in [0.29, 0.717) is 11.3 Å². The van der Waals surface area contributed by atoms with Crippen molar-refractivity contribution >= 4 is 23.5 Å². The fraction of sp³-hybridized carbons (Fsp3) is 0.200. The molecule has 2 amide bonds. The Morgan fingerprint density at radius 1 is 1.27 bits per heavy atom. The van der Waals surface area contributed by atoms with Crippen LogP contribution in [-0.4, -0.2) is 24.4 Å². The Morgan fingerprint density at radius 3 is 2.41 bits per heavy atom. The molecule has 0 saturated carbocycles. The van der Waals surface area contributed by atoms with Crippen molar-refractivity contribution in [3.8, 4) is 6.07 Å². The van der Waals surface area contributed by atoms with Gasteiger partial charge in [0.2, 0.25) is 0 Å². The van der Waals surface area contributed by atoms with Crippen LogP contribution in [0.2, 0.25) is 0 Å². The lowest BCUT2D eigenvalue weighted by atomic mass is 10.1. The molecule has 0 aliphatic heterocycles. The maximum atomic E-state index is 11.6. The first-order valence-electron chi connectivity index (χ1n) is 6.43. The molecule has 0 aliphatic rings. The normalized spacial score (nSPS) is 10.3. The first kappa shape index (κ1) is 16.9. The summed E-state index contributed by atoms with van der Waals surface area (Å²) < 4.78 is 4.55. The number of hydrogen-bond acceptors (Lipinski definition) is 6. The summed E-state index contributed by atoms with van der Waals surface area (Å²) in [6.07, 6.45) is 0.247. The molecule has 0 saturated heterocycles. The molecule has 7 heteroatoms. The fourth-order valence-corrected chi connectivity index (χ4v) is 1.43. The van der Waals surface area contributed by atoms with Crippen LogP contribution in [0.4, 0.5) is 10.5 Å². The fourth-order valence-electron chi connectivity index (χ4n) is 1.43. The van der Waals surface area contributed by atoms with Crippen molar-refractivity contribution in [3.05, 3.63) is 41.6 Å². The van der Waals surface area contributed by atoms with Crippen molar-refractivity contribution < 1.29 is 19.1 Å². The maximum Gasteiger partial charge on any atom is 0.414 e. The molecule has 1 aromatic rings. The van der Waals surface area contributed by atoms with E-state index < -0.39 is 12.0 Å². The Labute approximate surface area is 127 Å². The predicted molar refractivity (Wildman–Crippen MR) is 78.9 cm³/mol. The average molecular weight is 301 g/mol. The topological polar surface area (TPSA) is 108 Å². The Morgan fingerprint density at radius 2 is 1.91 bits per heavy atom. The van der Waals surface area contributed by atoms with Gasteiger partial charge in [-0.3, -0.25) is 14.9 Å². The first-order chi connectivity index (χ1) is 10.5. The summed E-state index contributed by atoms with van der Waals surface area (Å²) in [5, 5.41) is 13.6. The number of nitrogens with one attached hydrogen (secondary N) is 2. The number of anilines is 1. The number of hydrogen-bond donors (Lipinski definition) is 2. The lowest BCUT2D eigenvalue weighted by molar-refractivity contribution is -0.116. The summed E-state index contributed by atoms with van der Waals surface area (Å²) in [5.41, 5.74) is 0.848. The molecule has 0 bridgehead atoms. The van der Waals surface area contributed by atoms with Crippen molar-refractivity contribution in [3.63, 3.8) is 0 Å². The van der Waals surface area contributed by atoms with Crippen molar-refractivity contribution in [1.29, 1.82) is 5.26 Å². The van der Waals surface area contributed by atoms with Gasteiger partial charge in [0.1, 0.15) is 11.6 Å². The third-order valence-corrected chi connectivity index (χ3v) is 2.53. The van der Waals surface area contributed by atoms with E-state index in [1.807, 2.05) is 5.32 Å². The highest BCUT2D eigenvalue weighted by molar-refractivity contribution is 6.05. The zero-order valence-corrected chi connectivity index (χ0v) is 12.2. The molecule has 0 radical (unpaired) electrons. The zero-order chi connectivity index (χ0) is 16.5. The number of nitriles is 1. The second kappa shape index (κ2) is 8.21. The number of imide groups is 1. The highest BCUT2D eigenvalue weighted by atomic mass is 16.5. The Hall–Kier alpha value is -3.14. The highest BCUT2D eigenvalue weighted by Gasteiger charge is 2.13. The quantitative estimate of drug-likeness (QED) is 0.489. The number of alkyl carbamates (subject to hydrolysis) is 1. The van der Waals surface area contributed by atoms with Crippen LogP contribution in [0.3, 0.4) is 0 Å². The van der Waals surface area contributed by atoms with E-state index >= 15 is 0 Å². The number of ketones is 1. The summed E-state index contributed by atoms with van der Waals surface area (Å²) >= 11 is 0. The van der Waals surface area contributed by atoms with Gasteiger partial charge in [0.15, 0.2) is 5.78 Å². The summed E-state index contributed by atoms with van der Waals surface area (Å²) in [4.78, 5) is 33.9. The van der Waals surface area contributed by atoms with Crippen LogP contribution in [0.1, 0.15) is 24.2 Å². The minimum absolute atomic E-state index is 0.0615. The molecule has 0 heterocycles. The lowest BCUT2D eigenvalue weighted by Gasteiger charge is -2.04. The Bertz CT molecular complexity index is 642. The number of benzene rings is 1. The maximum absolute atomic E-state index is 11.6. The molecule has 2 N–H and O–H groups in total. The number of Topliss-reactive ketones (excluding diaryl/α,β-unsaturated/α-hetero) is 1. The molecule has 0 aromatic heterocycles. The van der Waals surface area contributed by atoms with Gasteiger partial charge in [-0.2, -0.15) is 5.26 Å². The van der Waals surface area contributed by atoms with E-state index in [-0.39, 0.29) is 18.0 Å². The molecule has 7 nitrogen and oxygen atoms in total. The number of nitrogens with zero attached hydrogens (tertiary/aromatic N) is 1. The van der Waals surface area contributed by atoms with E-state index in [4.69, 9.17) is 5.26 Å². The smallest absolute Gasteiger partial charge is 0.414 e. The zero-order valence-electron chi connectivity index (χ0n) is 12.2. The SMILES string of the molecule is CCOC(=O)NC(=O)C(C#N)=CNc1ccc(C(C)=O)cc1. The van der Waals surface area contributed by atoms with Crippen molar-refractivity contribution in [2.45, 2.75) is 13.8 Å². The van der Waals surface area contributed by atoms with Gasteiger partial charge in [-0.05, 0) is 38.1 Å². The van der Waals surface area contributed by atoms with Gasteiger partial charge >= 0.3 is 6.09 Å². The molecule has 114 valence electrons. The van der Waals surface area contributed by atoms with Gasteiger partial charge in [0.25, 0.3) is 5.91 Å². The minimum atomic E-state index is -0.917. The second-order valence-electron chi connectivity index (χ2n) is 4.12. The van der Waals surface area contributed by atoms with Crippen LogP contribution in [0.5, 0.6) is 0 Å². The third kappa shape index (κ3) is 5.09. The van der Waals surface area contributed by atoms with E-state index in [1.54, 1.807) is 37.3 Å². The Kier molecular flexibility index (Phi) is 6.32. The minimum Gasteiger partial charge on any atom is -0.450 e. The van der Waals surface area contributed by atoms with Gasteiger partial charge in [0, 0.05) is 17.5 Å². The summed E-state index contributed by atoms with van der Waals surface area (Å²) in [5.74, 6) is -0.928. The summed E-state index contributed by atoms with van der Waals surface area (Å²) in [7, 11) is 0. The standard InChI is InChI=1S/C15H15N3O4/c1-3-22-15(21)18-14(20)12(8-16)9-17-13-6-4-11(5-7-13)10(2)19/h4-7,9,17H,3H2,1-2H3,(H,18,20,21). The van der Waals surface area contributed by atoms with Crippen LogP contribution in [0.15, 0.2) is 36.0 Å². The van der Waals surface area contributed by atoms with Crippen LogP contribution in [0.25, 0.3) is 0 Å². The average Bonchev–Trinajstić information content (AvgIpc) is 2.48. The molecule has 0 atom stereocenters. The van der Waals surface area contributed by atoms with E-state index in [0.717, 1.165) is 6.20 Å². The van der Waals surface area contributed by atoms with Gasteiger partial charge in [-0.25, -0.2) is 4.79 Å². The first-order valence-corrected chi connectivity index (χ1v) is 6.43. The molecular weight excluding hydrogens is 286 g/mol. The molecule has 1 aromatic carbocycles. The molecule has 1 rings (SSSR count). The van der Waals surface area contributed by atoms with Crippen LogP contribution < -0.4 is 10.6 Å². The molecule has 0 unspecified atom stereocenters. The van der Waals surface area contributed by atoms with E-state index in [1.165, 1.54) is 6.92 Å². The summed E-state index contributed by atoms with van der Waals surface area (Å²) in [6, 6.07) is 8.16. The highest BCUT2D eigenvalue weighted by Crippen LogP contribution is 2.10. The lowest BCUT2D eigenvalue weighted by Crippen LogP contribution is -2.32. The van der Waals surface area contributed by atoms with E-state index in [2.05, 4.69) is 10.1 Å². The van der Waals surface area contributed by atoms with Crippen molar-refractivity contribution in [2.75, 3.05) is 11.9 Å². The van der Waals surface area contributed by atoms with Crippen LogP contribution in [-0.2, 0) is 9.53 Å². The monoisotopic (exact) mass is 301 g/mol. The number of rotatable bonds is 5. The number of carbonyl (C=O) groups excluding carboxylic acids is 3. The second-order valence-corrected chi connectivity index (χ2v) is 4.12. The molecule has 22 heavy (non-hydrogen) atoms. The molecule has 0 fully saturated rings. The molecule has 0 spiro atoms. The summed E-state index contributed by atoms with van der Waals surface area (Å²) in [6.45, 7) is 3.17. The largest absolute Gasteiger partial charge is 0.450 e. The Balaban J connectivity index is 2.73. The van der Waals surface area contributed by atoms with Gasteiger partial charge in [-0.15, -0.1) is 0 Å². The molecular formula is C15H15N3O4. The van der Waals surface area contributed by atoms with Gasteiger partial charge in [-0.1, -0.05) is 0 Å². The predicted octanol–water partition coefficient (Wildman–Crippen LogP) is 1.98. The van der Waals surface area contributed by atoms with Gasteiger partial charge in [0.05, 0.1) is 6.61 Å². The van der Waals surface area contributed by atoms with Gasteiger partial charge < -0.3 is 10.1 Å².